The summed E-state index contributed by atoms with van der Waals surface area (Å²) < 4.78 is 10.4. The van der Waals surface area contributed by atoms with E-state index >= 15 is 0 Å². The minimum atomic E-state index is -0.724. The third-order valence-electron chi connectivity index (χ3n) is 3.74. The minimum absolute atomic E-state index is 0.00800. The van der Waals surface area contributed by atoms with E-state index in [9.17, 15) is 14.4 Å². The van der Waals surface area contributed by atoms with Crippen molar-refractivity contribution in [2.45, 2.75) is 12.8 Å². The second kappa shape index (κ2) is 7.04. The van der Waals surface area contributed by atoms with E-state index < -0.39 is 18.4 Å². The highest BCUT2D eigenvalue weighted by atomic mass is 79.9. The Morgan fingerprint density at radius 1 is 1.25 bits per heavy atom. The van der Waals surface area contributed by atoms with Crippen LogP contribution in [0.1, 0.15) is 44.2 Å². The molecule has 7 nitrogen and oxygen atoms in total. The number of likely N-dealkylation sites (tertiary alicyclic amines) is 1. The van der Waals surface area contributed by atoms with Gasteiger partial charge in [-0.25, -0.2) is 4.79 Å². The van der Waals surface area contributed by atoms with E-state index in [-0.39, 0.29) is 11.7 Å². The Balaban J connectivity index is 1.57. The highest BCUT2D eigenvalue weighted by molar-refractivity contribution is 9.10. The summed E-state index contributed by atoms with van der Waals surface area (Å²) in [4.78, 5) is 40.6. The fourth-order valence-electron chi connectivity index (χ4n) is 2.48. The summed E-state index contributed by atoms with van der Waals surface area (Å²) in [6, 6.07) is 4.49. The molecule has 0 unspecified atom stereocenters. The van der Waals surface area contributed by atoms with Gasteiger partial charge in [0.2, 0.25) is 11.5 Å². The summed E-state index contributed by atoms with van der Waals surface area (Å²) in [6.45, 7) is 1.04. The minimum Gasteiger partial charge on any atom is -0.451 e. The molecular weight excluding hydrogens is 380 g/mol. The molecule has 1 N–H and O–H groups in total. The number of nitrogens with zero attached hydrogens (tertiary/aromatic N) is 1. The van der Waals surface area contributed by atoms with Gasteiger partial charge in [0.1, 0.15) is 5.69 Å². The van der Waals surface area contributed by atoms with E-state index in [1.165, 1.54) is 18.3 Å². The van der Waals surface area contributed by atoms with E-state index in [0.29, 0.717) is 15.9 Å². The molecule has 2 aromatic heterocycles. The number of esters is 1. The Kier molecular flexibility index (Phi) is 4.84. The molecule has 0 aromatic carbocycles. The molecule has 1 aliphatic heterocycles. The number of carbonyl (C=O) groups excluding carboxylic acids is 3. The highest BCUT2D eigenvalue weighted by Crippen LogP contribution is 2.16. The molecule has 2 aromatic rings. The number of aromatic nitrogens is 1. The van der Waals surface area contributed by atoms with Crippen LogP contribution in [0, 0.1) is 0 Å². The average Bonchev–Trinajstić information content (AvgIpc) is 3.31. The van der Waals surface area contributed by atoms with E-state index in [0.717, 1.165) is 25.9 Å². The van der Waals surface area contributed by atoms with Gasteiger partial charge in [0.25, 0.3) is 5.91 Å². The molecule has 0 bridgehead atoms. The van der Waals surface area contributed by atoms with E-state index in [1.54, 1.807) is 11.0 Å². The predicted molar refractivity (Wildman–Crippen MR) is 87.0 cm³/mol. The van der Waals surface area contributed by atoms with Crippen LogP contribution in [0.2, 0.25) is 0 Å². The molecule has 0 saturated carbocycles. The first-order valence-corrected chi connectivity index (χ1v) is 8.27. The van der Waals surface area contributed by atoms with E-state index in [2.05, 4.69) is 20.9 Å². The van der Waals surface area contributed by atoms with Gasteiger partial charge < -0.3 is 19.0 Å². The van der Waals surface area contributed by atoms with Gasteiger partial charge in [-0.15, -0.1) is 0 Å². The first kappa shape index (κ1) is 16.5. The highest BCUT2D eigenvalue weighted by Gasteiger charge is 2.22. The third kappa shape index (κ3) is 3.59. The molecule has 3 rings (SSSR count). The van der Waals surface area contributed by atoms with Crippen molar-refractivity contribution in [2.75, 3.05) is 19.7 Å². The quantitative estimate of drug-likeness (QED) is 0.621. The molecule has 0 spiro atoms. The number of amides is 1. The summed E-state index contributed by atoms with van der Waals surface area (Å²) >= 11 is 3.08. The molecule has 3 heterocycles. The number of H-pyrrole nitrogens is 1. The van der Waals surface area contributed by atoms with Crippen molar-refractivity contribution >= 4 is 33.6 Å². The van der Waals surface area contributed by atoms with Crippen LogP contribution in [0.25, 0.3) is 0 Å². The lowest BCUT2D eigenvalue weighted by molar-refractivity contribution is 0.0442. The number of ether oxygens (including phenoxy) is 1. The molecule has 1 saturated heterocycles. The summed E-state index contributed by atoms with van der Waals surface area (Å²) in [5.74, 6) is -1.23. The van der Waals surface area contributed by atoms with Crippen molar-refractivity contribution in [2.24, 2.45) is 0 Å². The zero-order valence-electron chi connectivity index (χ0n) is 12.7. The molecule has 0 atom stereocenters. The number of aromatic amines is 1. The van der Waals surface area contributed by atoms with Crippen LogP contribution in [0.3, 0.4) is 0 Å². The van der Waals surface area contributed by atoms with E-state index in [1.807, 2.05) is 0 Å². The number of carbonyl (C=O) groups is 3. The van der Waals surface area contributed by atoms with Crippen molar-refractivity contribution in [1.29, 1.82) is 0 Å². The van der Waals surface area contributed by atoms with Crippen LogP contribution in [0.4, 0.5) is 0 Å². The summed E-state index contributed by atoms with van der Waals surface area (Å²) in [6.07, 6.45) is 3.44. The number of hydrogen-bond acceptors (Lipinski definition) is 5. The lowest BCUT2D eigenvalue weighted by Crippen LogP contribution is -2.27. The Hall–Kier alpha value is -2.35. The molecule has 126 valence electrons. The van der Waals surface area contributed by atoms with Crippen LogP contribution >= 0.6 is 15.9 Å². The molecule has 8 heteroatoms. The van der Waals surface area contributed by atoms with Gasteiger partial charge >= 0.3 is 5.97 Å². The Morgan fingerprint density at radius 2 is 2.00 bits per heavy atom. The Morgan fingerprint density at radius 3 is 2.67 bits per heavy atom. The number of nitrogens with one attached hydrogen (secondary N) is 1. The van der Waals surface area contributed by atoms with Crippen molar-refractivity contribution in [1.82, 2.24) is 9.88 Å². The topological polar surface area (TPSA) is 92.6 Å². The number of ketones is 1. The zero-order chi connectivity index (χ0) is 17.1. The van der Waals surface area contributed by atoms with Gasteiger partial charge in [0.05, 0.1) is 0 Å². The van der Waals surface area contributed by atoms with Gasteiger partial charge in [-0.2, -0.15) is 0 Å². The van der Waals surface area contributed by atoms with Crippen LogP contribution in [-0.2, 0) is 4.74 Å². The van der Waals surface area contributed by atoms with Crippen LogP contribution in [0.15, 0.2) is 33.5 Å². The lowest BCUT2D eigenvalue weighted by Gasteiger charge is -2.13. The number of halogens is 1. The fourth-order valence-corrected chi connectivity index (χ4v) is 2.79. The van der Waals surface area contributed by atoms with Gasteiger partial charge in [-0.3, -0.25) is 9.59 Å². The third-order valence-corrected chi connectivity index (χ3v) is 4.16. The summed E-state index contributed by atoms with van der Waals surface area (Å²) in [5, 5.41) is 0. The number of furan rings is 1. The van der Waals surface area contributed by atoms with Crippen LogP contribution < -0.4 is 0 Å². The summed E-state index contributed by atoms with van der Waals surface area (Å²) in [7, 11) is 0. The second-order valence-electron chi connectivity index (χ2n) is 5.40. The SMILES string of the molecule is O=C(COC(=O)c1ccc(Br)o1)c1c[nH]c(C(=O)N2CCCC2)c1. The maximum absolute atomic E-state index is 12.2. The van der Waals surface area contributed by atoms with Gasteiger partial charge in [-0.1, -0.05) is 0 Å². The zero-order valence-corrected chi connectivity index (χ0v) is 14.3. The van der Waals surface area contributed by atoms with Crippen molar-refractivity contribution < 1.29 is 23.5 Å². The van der Waals surface area contributed by atoms with Crippen molar-refractivity contribution in [3.63, 3.8) is 0 Å². The first-order valence-electron chi connectivity index (χ1n) is 7.48. The van der Waals surface area contributed by atoms with Crippen LogP contribution in [0.5, 0.6) is 0 Å². The smallest absolute Gasteiger partial charge is 0.374 e. The molecule has 1 amide bonds. The molecule has 1 fully saturated rings. The Bertz CT molecular complexity index is 773. The van der Waals surface area contributed by atoms with Crippen molar-refractivity contribution in [3.05, 3.63) is 46.1 Å². The molecule has 0 aliphatic carbocycles. The number of hydrogen-bond donors (Lipinski definition) is 1. The van der Waals surface area contributed by atoms with Crippen LogP contribution in [-0.4, -0.2) is 47.2 Å². The van der Waals surface area contributed by atoms with Crippen molar-refractivity contribution in [3.8, 4) is 0 Å². The predicted octanol–water partition coefficient (Wildman–Crippen LogP) is 2.65. The standard InChI is InChI=1S/C16H15BrN2O5/c17-14-4-3-13(24-14)16(22)23-9-12(20)10-7-11(18-8-10)15(21)19-5-1-2-6-19/h3-4,7-8,18H,1-2,5-6,9H2. The lowest BCUT2D eigenvalue weighted by atomic mass is 10.2. The van der Waals surface area contributed by atoms with Gasteiger partial charge in [-0.05, 0) is 47.0 Å². The number of rotatable bonds is 5. The molecular formula is C16H15BrN2O5. The molecule has 24 heavy (non-hydrogen) atoms. The van der Waals surface area contributed by atoms with Gasteiger partial charge in [0, 0.05) is 24.8 Å². The first-order chi connectivity index (χ1) is 11.5. The maximum atomic E-state index is 12.2. The van der Waals surface area contributed by atoms with Gasteiger partial charge in [0.15, 0.2) is 11.3 Å². The average molecular weight is 395 g/mol. The molecule has 0 radical (unpaired) electrons. The normalized spacial score (nSPS) is 14.0. The summed E-state index contributed by atoms with van der Waals surface area (Å²) in [5.41, 5.74) is 0.660. The molecule has 1 aliphatic rings. The second-order valence-corrected chi connectivity index (χ2v) is 6.19. The monoisotopic (exact) mass is 394 g/mol. The maximum Gasteiger partial charge on any atom is 0.374 e. The largest absolute Gasteiger partial charge is 0.451 e. The fraction of sp³-hybridized carbons (Fsp3) is 0.312. The number of Topliss-reactive ketones (excluding diaryl/α,β-unsaturated/α-hetero) is 1. The Labute approximate surface area is 146 Å². The van der Waals surface area contributed by atoms with E-state index in [4.69, 9.17) is 9.15 Å².